The fraction of sp³-hybridized carbons (Fsp3) is 0.375. The zero-order valence-corrected chi connectivity index (χ0v) is 19.7. The lowest BCUT2D eigenvalue weighted by molar-refractivity contribution is -0.122. The Balaban J connectivity index is 1.62. The minimum absolute atomic E-state index is 0.0920. The minimum atomic E-state index is -0.329. The Hall–Kier alpha value is -3.75. The van der Waals surface area contributed by atoms with Gasteiger partial charge in [0.05, 0.1) is 17.4 Å². The van der Waals surface area contributed by atoms with Crippen molar-refractivity contribution < 1.29 is 4.79 Å². The maximum atomic E-state index is 13.0. The van der Waals surface area contributed by atoms with Gasteiger partial charge in [0.25, 0.3) is 0 Å². The number of carbonyl (C=O) groups excluding carboxylic acids is 1. The van der Waals surface area contributed by atoms with Crippen molar-refractivity contribution in [1.29, 1.82) is 0 Å². The Morgan fingerprint density at radius 2 is 1.97 bits per heavy atom. The summed E-state index contributed by atoms with van der Waals surface area (Å²) < 4.78 is 1.57. The van der Waals surface area contributed by atoms with E-state index in [4.69, 9.17) is 0 Å². The van der Waals surface area contributed by atoms with Gasteiger partial charge in [-0.15, -0.1) is 5.10 Å². The first-order valence-corrected chi connectivity index (χ1v) is 11.1. The van der Waals surface area contributed by atoms with Crippen molar-refractivity contribution in [3.63, 3.8) is 0 Å². The highest BCUT2D eigenvalue weighted by Crippen LogP contribution is 2.25. The molecule has 9 nitrogen and oxygen atoms in total. The number of nitrogens with zero attached hydrogens (tertiary/aromatic N) is 6. The predicted octanol–water partition coefficient (Wildman–Crippen LogP) is 3.15. The van der Waals surface area contributed by atoms with Gasteiger partial charge in [-0.25, -0.2) is 14.6 Å². The number of amides is 1. The molecule has 0 aliphatic carbocycles. The maximum absolute atomic E-state index is 13.0. The number of benzene rings is 1. The molecule has 0 fully saturated rings. The molecular formula is C24H30N8O. The quantitative estimate of drug-likeness (QED) is 0.431. The van der Waals surface area contributed by atoms with Crippen LogP contribution in [-0.2, 0) is 17.8 Å². The lowest BCUT2D eigenvalue weighted by Crippen LogP contribution is -2.33. The Bertz CT molecular complexity index is 1260. The first kappa shape index (κ1) is 22.4. The standard InChI is InChI=1S/C24H30N8O/c1-15(2)22-13-32(30-29-22)14-24(33)28-20(21-11-23(31(4)5)27-16(3)26-21)10-17-12-25-19-9-7-6-8-18(17)19/h6-9,11-13,15,20,25H,10,14H2,1-5H3,(H,28,33). The Morgan fingerprint density at radius 3 is 2.70 bits per heavy atom. The number of hydrogen-bond acceptors (Lipinski definition) is 6. The number of aromatic amines is 1. The van der Waals surface area contributed by atoms with Crippen LogP contribution in [0.1, 0.15) is 48.6 Å². The first-order chi connectivity index (χ1) is 15.8. The van der Waals surface area contributed by atoms with E-state index in [1.54, 1.807) is 4.68 Å². The molecule has 0 saturated heterocycles. The topological polar surface area (TPSA) is 105 Å². The van der Waals surface area contributed by atoms with Crippen LogP contribution in [0, 0.1) is 6.92 Å². The van der Waals surface area contributed by atoms with Gasteiger partial charge < -0.3 is 15.2 Å². The normalized spacial score (nSPS) is 12.3. The second-order valence-electron chi connectivity index (χ2n) is 8.77. The Morgan fingerprint density at radius 1 is 1.18 bits per heavy atom. The number of carbonyl (C=O) groups is 1. The molecule has 2 N–H and O–H groups in total. The second kappa shape index (κ2) is 9.40. The fourth-order valence-corrected chi connectivity index (χ4v) is 3.77. The third-order valence-corrected chi connectivity index (χ3v) is 5.55. The molecule has 1 amide bonds. The average molecular weight is 447 g/mol. The molecule has 0 bridgehead atoms. The molecular weight excluding hydrogens is 416 g/mol. The van der Waals surface area contributed by atoms with Crippen molar-refractivity contribution in [3.05, 3.63) is 65.5 Å². The van der Waals surface area contributed by atoms with Crippen LogP contribution < -0.4 is 10.2 Å². The highest BCUT2D eigenvalue weighted by atomic mass is 16.2. The van der Waals surface area contributed by atoms with E-state index in [-0.39, 0.29) is 24.4 Å². The SMILES string of the molecule is Cc1nc(C(Cc2c[nH]c3ccccc23)NC(=O)Cn2cc(C(C)C)nn2)cc(N(C)C)n1. The molecule has 33 heavy (non-hydrogen) atoms. The van der Waals surface area contributed by atoms with Crippen molar-refractivity contribution in [2.24, 2.45) is 0 Å². The molecule has 1 atom stereocenters. The van der Waals surface area contributed by atoms with Crippen LogP contribution in [0.2, 0.25) is 0 Å². The smallest absolute Gasteiger partial charge is 0.242 e. The minimum Gasteiger partial charge on any atom is -0.363 e. The van der Waals surface area contributed by atoms with Crippen molar-refractivity contribution >= 4 is 22.6 Å². The van der Waals surface area contributed by atoms with Crippen LogP contribution in [0.5, 0.6) is 0 Å². The molecule has 1 aromatic carbocycles. The zero-order chi connectivity index (χ0) is 23.5. The lowest BCUT2D eigenvalue weighted by Gasteiger charge is -2.21. The van der Waals surface area contributed by atoms with E-state index in [0.717, 1.165) is 33.7 Å². The molecule has 4 rings (SSSR count). The third kappa shape index (κ3) is 5.19. The summed E-state index contributed by atoms with van der Waals surface area (Å²) in [6.07, 6.45) is 4.41. The van der Waals surface area contributed by atoms with Crippen LogP contribution in [0.15, 0.2) is 42.7 Å². The molecule has 0 radical (unpaired) electrons. The molecule has 4 aromatic rings. The van der Waals surface area contributed by atoms with E-state index in [1.807, 2.05) is 76.4 Å². The lowest BCUT2D eigenvalue weighted by atomic mass is 10.0. The van der Waals surface area contributed by atoms with Crippen LogP contribution >= 0.6 is 0 Å². The second-order valence-corrected chi connectivity index (χ2v) is 8.77. The van der Waals surface area contributed by atoms with Crippen molar-refractivity contribution in [2.75, 3.05) is 19.0 Å². The highest BCUT2D eigenvalue weighted by Gasteiger charge is 2.21. The van der Waals surface area contributed by atoms with Crippen LogP contribution in [0.4, 0.5) is 5.82 Å². The van der Waals surface area contributed by atoms with Gasteiger partial charge in [0, 0.05) is 49.9 Å². The molecule has 0 spiro atoms. The molecule has 0 saturated carbocycles. The summed E-state index contributed by atoms with van der Waals surface area (Å²) in [6, 6.07) is 9.75. The number of aromatic nitrogens is 6. The largest absolute Gasteiger partial charge is 0.363 e. The van der Waals surface area contributed by atoms with Gasteiger partial charge in [-0.1, -0.05) is 37.3 Å². The van der Waals surface area contributed by atoms with E-state index in [2.05, 4.69) is 36.6 Å². The number of aryl methyl sites for hydroxylation is 1. The van der Waals surface area contributed by atoms with Gasteiger partial charge in [0.2, 0.25) is 5.91 Å². The third-order valence-electron chi connectivity index (χ3n) is 5.55. The van der Waals surface area contributed by atoms with Gasteiger partial charge in [-0.2, -0.15) is 0 Å². The summed E-state index contributed by atoms with van der Waals surface area (Å²) in [5.41, 5.74) is 3.81. The summed E-state index contributed by atoms with van der Waals surface area (Å²) in [7, 11) is 3.88. The van der Waals surface area contributed by atoms with Crippen LogP contribution in [0.3, 0.4) is 0 Å². The van der Waals surface area contributed by atoms with Gasteiger partial charge in [0.1, 0.15) is 18.2 Å². The molecule has 3 aromatic heterocycles. The maximum Gasteiger partial charge on any atom is 0.242 e. The molecule has 1 unspecified atom stereocenters. The molecule has 172 valence electrons. The number of rotatable bonds is 8. The van der Waals surface area contributed by atoms with Crippen LogP contribution in [0.25, 0.3) is 10.9 Å². The number of hydrogen-bond donors (Lipinski definition) is 2. The van der Waals surface area contributed by atoms with E-state index >= 15 is 0 Å². The molecule has 9 heteroatoms. The summed E-state index contributed by atoms with van der Waals surface area (Å²) in [6.45, 7) is 6.05. The van der Waals surface area contributed by atoms with Gasteiger partial charge in [-0.05, 0) is 24.5 Å². The first-order valence-electron chi connectivity index (χ1n) is 11.1. The summed E-state index contributed by atoms with van der Waals surface area (Å²) in [5.74, 6) is 1.56. The average Bonchev–Trinajstić information content (AvgIpc) is 3.40. The summed E-state index contributed by atoms with van der Waals surface area (Å²) in [4.78, 5) is 27.4. The number of para-hydroxylation sites is 1. The highest BCUT2D eigenvalue weighted by molar-refractivity contribution is 5.83. The Labute approximate surface area is 193 Å². The number of H-pyrrole nitrogens is 1. The number of anilines is 1. The van der Waals surface area contributed by atoms with E-state index < -0.39 is 0 Å². The zero-order valence-electron chi connectivity index (χ0n) is 19.7. The van der Waals surface area contributed by atoms with Gasteiger partial charge in [-0.3, -0.25) is 4.79 Å². The van der Waals surface area contributed by atoms with Crippen molar-refractivity contribution in [2.45, 2.75) is 45.7 Å². The van der Waals surface area contributed by atoms with E-state index in [1.165, 1.54) is 0 Å². The van der Waals surface area contributed by atoms with Gasteiger partial charge >= 0.3 is 0 Å². The number of fused-ring (bicyclic) bond motifs is 1. The van der Waals surface area contributed by atoms with Crippen molar-refractivity contribution in [3.8, 4) is 0 Å². The van der Waals surface area contributed by atoms with Gasteiger partial charge in [0.15, 0.2) is 0 Å². The molecule has 3 heterocycles. The molecule has 0 aliphatic rings. The van der Waals surface area contributed by atoms with Crippen molar-refractivity contribution in [1.82, 2.24) is 35.3 Å². The number of nitrogens with one attached hydrogen (secondary N) is 2. The van der Waals surface area contributed by atoms with E-state index in [9.17, 15) is 4.79 Å². The Kier molecular flexibility index (Phi) is 6.39. The van der Waals surface area contributed by atoms with Crippen LogP contribution in [-0.4, -0.2) is 49.9 Å². The molecule has 0 aliphatic heterocycles. The fourth-order valence-electron chi connectivity index (χ4n) is 3.77. The monoisotopic (exact) mass is 446 g/mol. The summed E-state index contributed by atoms with van der Waals surface area (Å²) in [5, 5.41) is 12.5. The van der Waals surface area contributed by atoms with E-state index in [0.29, 0.717) is 12.2 Å². The predicted molar refractivity (Wildman–Crippen MR) is 128 cm³/mol. The summed E-state index contributed by atoms with van der Waals surface area (Å²) >= 11 is 0.